The summed E-state index contributed by atoms with van der Waals surface area (Å²) in [5.74, 6) is 0.722. The molecule has 0 aliphatic rings. The van der Waals surface area contributed by atoms with E-state index in [1.807, 2.05) is 13.2 Å². The number of carbonyl (C=O) groups is 1. The van der Waals surface area contributed by atoms with Crippen LogP contribution in [0.15, 0.2) is 5.16 Å². The van der Waals surface area contributed by atoms with Crippen LogP contribution >= 0.6 is 11.8 Å². The number of aryl methyl sites for hydroxylation is 1. The van der Waals surface area contributed by atoms with Crippen LogP contribution in [0.2, 0.25) is 0 Å². The molecule has 0 aliphatic heterocycles. The predicted molar refractivity (Wildman–Crippen MR) is 65.0 cm³/mol. The number of unbranched alkanes of at least 4 members (excludes halogenated alkanes) is 2. The predicted octanol–water partition coefficient (Wildman–Crippen LogP) is 1.96. The zero-order valence-electron chi connectivity index (χ0n) is 9.99. The molecule has 0 saturated heterocycles. The Balaban J connectivity index is 2.51. The highest BCUT2D eigenvalue weighted by molar-refractivity contribution is 7.98. The Hall–Kier alpha value is -1.04. The van der Waals surface area contributed by atoms with E-state index in [9.17, 15) is 4.79 Å². The lowest BCUT2D eigenvalue weighted by molar-refractivity contribution is -0.117. The van der Waals surface area contributed by atoms with Crippen molar-refractivity contribution in [3.8, 4) is 0 Å². The molecule has 0 saturated carbocycles. The largest absolute Gasteiger partial charge is 0.273 e. The highest BCUT2D eigenvalue weighted by Crippen LogP contribution is 2.11. The van der Waals surface area contributed by atoms with E-state index in [1.54, 1.807) is 4.68 Å². The molecule has 0 bridgehead atoms. The third-order valence-electron chi connectivity index (χ3n) is 2.22. The number of amides is 1. The van der Waals surface area contributed by atoms with E-state index in [1.165, 1.54) is 11.8 Å². The summed E-state index contributed by atoms with van der Waals surface area (Å²) < 4.78 is 1.64. The number of nitrogens with one attached hydrogen (secondary N) is 1. The molecule has 6 heteroatoms. The van der Waals surface area contributed by atoms with Gasteiger partial charge in [-0.3, -0.25) is 10.2 Å². The molecule has 0 spiro atoms. The Morgan fingerprint density at radius 2 is 2.19 bits per heavy atom. The van der Waals surface area contributed by atoms with Gasteiger partial charge in [-0.05, 0) is 19.6 Å². The fourth-order valence-electron chi connectivity index (χ4n) is 1.32. The minimum Gasteiger partial charge on any atom is -0.273 e. The Labute approximate surface area is 100.0 Å². The minimum atomic E-state index is 0.0200. The zero-order valence-corrected chi connectivity index (χ0v) is 10.8. The van der Waals surface area contributed by atoms with Crippen LogP contribution in [-0.4, -0.2) is 27.0 Å². The highest BCUT2D eigenvalue weighted by Gasteiger charge is 2.10. The Kier molecular flexibility index (Phi) is 5.31. The van der Waals surface area contributed by atoms with E-state index in [-0.39, 0.29) is 5.91 Å². The highest BCUT2D eigenvalue weighted by atomic mass is 32.2. The first kappa shape index (κ1) is 13.0. The summed E-state index contributed by atoms with van der Waals surface area (Å²) in [6.07, 6.45) is 5.60. The van der Waals surface area contributed by atoms with Gasteiger partial charge in [0.2, 0.25) is 11.1 Å². The molecular weight excluding hydrogens is 224 g/mol. The maximum Gasteiger partial charge on any atom is 0.238 e. The lowest BCUT2D eigenvalue weighted by atomic mass is 10.2. The number of nitrogens with zero attached hydrogens (tertiary/aromatic N) is 3. The van der Waals surface area contributed by atoms with Crippen molar-refractivity contribution >= 4 is 17.7 Å². The molecule has 0 radical (unpaired) electrons. The minimum absolute atomic E-state index is 0.0200. The summed E-state index contributed by atoms with van der Waals surface area (Å²) in [5, 5.41) is 8.57. The third kappa shape index (κ3) is 3.52. The summed E-state index contributed by atoms with van der Waals surface area (Å²) in [4.78, 5) is 11.6. The van der Waals surface area contributed by atoms with Crippen LogP contribution < -0.4 is 5.43 Å². The van der Waals surface area contributed by atoms with Crippen LogP contribution in [0.5, 0.6) is 0 Å². The van der Waals surface area contributed by atoms with Crippen LogP contribution in [0.1, 0.15) is 38.4 Å². The number of thioether (sulfide) groups is 1. The number of hydrogen-bond acceptors (Lipinski definition) is 4. The maximum atomic E-state index is 11.6. The quantitative estimate of drug-likeness (QED) is 0.612. The zero-order chi connectivity index (χ0) is 12.0. The van der Waals surface area contributed by atoms with Gasteiger partial charge in [0.25, 0.3) is 0 Å². The normalized spacial score (nSPS) is 10.4. The second-order valence-electron chi connectivity index (χ2n) is 3.56. The smallest absolute Gasteiger partial charge is 0.238 e. The molecule has 1 rings (SSSR count). The molecule has 0 fully saturated rings. The van der Waals surface area contributed by atoms with Gasteiger partial charge in [-0.1, -0.05) is 31.5 Å². The molecule has 1 heterocycles. The Morgan fingerprint density at radius 3 is 2.81 bits per heavy atom. The summed E-state index contributed by atoms with van der Waals surface area (Å²) in [5.41, 5.74) is 2.80. The molecule has 1 N–H and O–H groups in total. The number of hydrogen-bond donors (Lipinski definition) is 1. The Morgan fingerprint density at radius 1 is 1.44 bits per heavy atom. The molecule has 1 aromatic rings. The lowest BCUT2D eigenvalue weighted by Crippen LogP contribution is -2.24. The SMILES string of the molecule is CCCCCC(=O)Nn1c(C)nnc1SC. The van der Waals surface area contributed by atoms with Crippen molar-refractivity contribution in [2.24, 2.45) is 0 Å². The van der Waals surface area contributed by atoms with Gasteiger partial charge >= 0.3 is 0 Å². The standard InChI is InChI=1S/C10H18N4OS/c1-4-5-6-7-9(15)13-14-8(2)11-12-10(14)16-3/h4-7H2,1-3H3,(H,13,15). The fourth-order valence-corrected chi connectivity index (χ4v) is 1.80. The van der Waals surface area contributed by atoms with Crippen LogP contribution in [0.4, 0.5) is 0 Å². The second kappa shape index (κ2) is 6.52. The first-order valence-corrected chi connectivity index (χ1v) is 6.67. The molecule has 0 atom stereocenters. The summed E-state index contributed by atoms with van der Waals surface area (Å²) in [6.45, 7) is 3.94. The van der Waals surface area contributed by atoms with Gasteiger partial charge in [0.1, 0.15) is 5.82 Å². The van der Waals surface area contributed by atoms with Crippen LogP contribution in [0, 0.1) is 6.92 Å². The van der Waals surface area contributed by atoms with Gasteiger partial charge in [0.15, 0.2) is 0 Å². The molecule has 90 valence electrons. The molecule has 0 aliphatic carbocycles. The van der Waals surface area contributed by atoms with E-state index in [0.717, 1.165) is 19.3 Å². The first-order valence-electron chi connectivity index (χ1n) is 5.45. The molecular formula is C10H18N4OS. The molecule has 0 aromatic carbocycles. The lowest BCUT2D eigenvalue weighted by Gasteiger charge is -2.08. The Bertz CT molecular complexity index is 351. The van der Waals surface area contributed by atoms with Gasteiger partial charge in [-0.15, -0.1) is 10.2 Å². The maximum absolute atomic E-state index is 11.6. The van der Waals surface area contributed by atoms with Crippen LogP contribution in [0.3, 0.4) is 0 Å². The summed E-state index contributed by atoms with van der Waals surface area (Å²) >= 11 is 1.46. The van der Waals surface area contributed by atoms with Gasteiger partial charge in [0.05, 0.1) is 0 Å². The van der Waals surface area contributed by atoms with Crippen molar-refractivity contribution in [2.75, 3.05) is 11.7 Å². The van der Waals surface area contributed by atoms with E-state index in [4.69, 9.17) is 0 Å². The van der Waals surface area contributed by atoms with Crippen LogP contribution in [-0.2, 0) is 4.79 Å². The van der Waals surface area contributed by atoms with Crippen molar-refractivity contribution in [3.63, 3.8) is 0 Å². The van der Waals surface area contributed by atoms with Gasteiger partial charge in [-0.2, -0.15) is 0 Å². The summed E-state index contributed by atoms with van der Waals surface area (Å²) in [7, 11) is 0. The van der Waals surface area contributed by atoms with Crippen LogP contribution in [0.25, 0.3) is 0 Å². The van der Waals surface area contributed by atoms with E-state index in [2.05, 4.69) is 22.5 Å². The average Bonchev–Trinajstić information content (AvgIpc) is 2.61. The van der Waals surface area contributed by atoms with Gasteiger partial charge < -0.3 is 0 Å². The monoisotopic (exact) mass is 242 g/mol. The van der Waals surface area contributed by atoms with E-state index >= 15 is 0 Å². The third-order valence-corrected chi connectivity index (χ3v) is 2.85. The number of carbonyl (C=O) groups excluding carboxylic acids is 1. The van der Waals surface area contributed by atoms with Crippen molar-refractivity contribution in [1.29, 1.82) is 0 Å². The fraction of sp³-hybridized carbons (Fsp3) is 0.700. The van der Waals surface area contributed by atoms with Crippen molar-refractivity contribution < 1.29 is 4.79 Å². The van der Waals surface area contributed by atoms with E-state index in [0.29, 0.717) is 17.4 Å². The van der Waals surface area contributed by atoms with Gasteiger partial charge in [-0.25, -0.2) is 4.68 Å². The average molecular weight is 242 g/mol. The molecule has 16 heavy (non-hydrogen) atoms. The van der Waals surface area contributed by atoms with Gasteiger partial charge in [0, 0.05) is 6.42 Å². The van der Waals surface area contributed by atoms with E-state index < -0.39 is 0 Å². The molecule has 1 amide bonds. The molecule has 5 nitrogen and oxygen atoms in total. The topological polar surface area (TPSA) is 59.8 Å². The van der Waals surface area contributed by atoms with Crippen molar-refractivity contribution in [2.45, 2.75) is 44.7 Å². The number of rotatable bonds is 6. The second-order valence-corrected chi connectivity index (χ2v) is 4.33. The summed E-state index contributed by atoms with van der Waals surface area (Å²) in [6, 6.07) is 0. The van der Waals surface area contributed by atoms with Crippen molar-refractivity contribution in [3.05, 3.63) is 5.82 Å². The first-order chi connectivity index (χ1) is 7.69. The number of aromatic nitrogens is 3. The van der Waals surface area contributed by atoms with Crippen molar-refractivity contribution in [1.82, 2.24) is 14.9 Å². The molecule has 1 aromatic heterocycles. The molecule has 0 unspecified atom stereocenters.